The summed E-state index contributed by atoms with van der Waals surface area (Å²) in [6.07, 6.45) is 2.96. The lowest BCUT2D eigenvalue weighted by atomic mass is 9.99. The Morgan fingerprint density at radius 2 is 2.11 bits per heavy atom. The van der Waals surface area contributed by atoms with E-state index in [0.29, 0.717) is 17.7 Å². The van der Waals surface area contributed by atoms with Crippen LogP contribution in [-0.2, 0) is 9.53 Å². The van der Waals surface area contributed by atoms with E-state index in [1.807, 2.05) is 36.4 Å². The number of nitriles is 1. The molecule has 3 heteroatoms. The van der Waals surface area contributed by atoms with Crippen LogP contribution in [0.3, 0.4) is 0 Å². The molecule has 3 nitrogen and oxygen atoms in total. The third-order valence-corrected chi connectivity index (χ3v) is 2.76. The quantitative estimate of drug-likeness (QED) is 0.621. The number of carbonyl (C=O) groups is 1. The molecule has 2 aromatic carbocycles. The maximum atomic E-state index is 11.3. The molecule has 0 heterocycles. The van der Waals surface area contributed by atoms with Crippen LogP contribution in [0, 0.1) is 11.3 Å². The van der Waals surface area contributed by atoms with Crippen LogP contribution in [0.25, 0.3) is 16.8 Å². The molecule has 0 bridgehead atoms. The average molecular weight is 251 g/mol. The van der Waals surface area contributed by atoms with Crippen molar-refractivity contribution in [2.24, 2.45) is 0 Å². The molecule has 0 radical (unpaired) electrons. The topological polar surface area (TPSA) is 50.1 Å². The van der Waals surface area contributed by atoms with Gasteiger partial charge < -0.3 is 4.74 Å². The van der Waals surface area contributed by atoms with Crippen LogP contribution in [0.5, 0.6) is 0 Å². The summed E-state index contributed by atoms with van der Waals surface area (Å²) in [6.45, 7) is 2.09. The van der Waals surface area contributed by atoms with Crippen molar-refractivity contribution in [3.63, 3.8) is 0 Å². The van der Waals surface area contributed by atoms with Gasteiger partial charge in [-0.05, 0) is 23.9 Å². The molecular weight excluding hydrogens is 238 g/mol. The minimum absolute atomic E-state index is 0.339. The van der Waals surface area contributed by atoms with Gasteiger partial charge in [0, 0.05) is 11.5 Å². The number of nitrogens with zero attached hydrogens (tertiary/aromatic N) is 1. The largest absolute Gasteiger partial charge is 0.463 e. The van der Waals surface area contributed by atoms with Crippen molar-refractivity contribution in [1.82, 2.24) is 0 Å². The number of benzene rings is 2. The van der Waals surface area contributed by atoms with Crippen LogP contribution in [0.2, 0.25) is 0 Å². The third kappa shape index (κ3) is 2.80. The summed E-state index contributed by atoms with van der Waals surface area (Å²) >= 11 is 0. The smallest absolute Gasteiger partial charge is 0.330 e. The van der Waals surface area contributed by atoms with Crippen LogP contribution in [0.4, 0.5) is 0 Å². The lowest BCUT2D eigenvalue weighted by Gasteiger charge is -2.03. The molecule has 2 aromatic rings. The van der Waals surface area contributed by atoms with Crippen molar-refractivity contribution in [3.05, 3.63) is 53.6 Å². The highest BCUT2D eigenvalue weighted by atomic mass is 16.5. The van der Waals surface area contributed by atoms with Gasteiger partial charge in [-0.3, -0.25) is 0 Å². The summed E-state index contributed by atoms with van der Waals surface area (Å²) < 4.78 is 4.82. The Hall–Kier alpha value is -2.60. The Labute approximate surface area is 111 Å². The molecule has 0 spiro atoms. The second-order valence-corrected chi connectivity index (χ2v) is 3.95. The summed E-state index contributed by atoms with van der Waals surface area (Å²) in [4.78, 5) is 11.3. The number of ether oxygens (including phenoxy) is 1. The molecule has 0 atom stereocenters. The molecule has 0 aliphatic rings. The zero-order valence-corrected chi connectivity index (χ0v) is 10.6. The van der Waals surface area contributed by atoms with Gasteiger partial charge in [-0.1, -0.05) is 36.4 Å². The van der Waals surface area contributed by atoms with Crippen LogP contribution in [-0.4, -0.2) is 12.6 Å². The zero-order chi connectivity index (χ0) is 13.7. The van der Waals surface area contributed by atoms with Crippen LogP contribution in [0.15, 0.2) is 42.5 Å². The number of hydrogen-bond donors (Lipinski definition) is 0. The molecule has 0 fully saturated rings. The average Bonchev–Trinajstić information content (AvgIpc) is 2.44. The van der Waals surface area contributed by atoms with Crippen molar-refractivity contribution in [2.45, 2.75) is 6.92 Å². The standard InChI is InChI=1S/C16H13NO2/c1-2-19-16(18)10-9-13-8-7-12-5-3-4-6-14(12)15(13)11-17/h3-10H,2H2,1H3. The first-order valence-electron chi connectivity index (χ1n) is 6.03. The van der Waals surface area contributed by atoms with Gasteiger partial charge in [0.15, 0.2) is 0 Å². The maximum absolute atomic E-state index is 11.3. The summed E-state index contributed by atoms with van der Waals surface area (Å²) in [5.41, 5.74) is 1.29. The summed E-state index contributed by atoms with van der Waals surface area (Å²) in [6, 6.07) is 13.6. The maximum Gasteiger partial charge on any atom is 0.330 e. The molecule has 94 valence electrons. The molecule has 19 heavy (non-hydrogen) atoms. The fraction of sp³-hybridized carbons (Fsp3) is 0.125. The highest BCUT2D eigenvalue weighted by Gasteiger charge is 2.05. The highest BCUT2D eigenvalue weighted by molar-refractivity contribution is 5.93. The first-order chi connectivity index (χ1) is 9.26. The van der Waals surface area contributed by atoms with E-state index in [0.717, 1.165) is 10.8 Å². The van der Waals surface area contributed by atoms with Gasteiger partial charge in [-0.2, -0.15) is 5.26 Å². The van der Waals surface area contributed by atoms with E-state index in [2.05, 4.69) is 6.07 Å². The van der Waals surface area contributed by atoms with Gasteiger partial charge >= 0.3 is 5.97 Å². The Bertz CT molecular complexity index is 681. The van der Waals surface area contributed by atoms with E-state index >= 15 is 0 Å². The molecule has 0 saturated carbocycles. The summed E-state index contributed by atoms with van der Waals surface area (Å²) in [5, 5.41) is 11.2. The lowest BCUT2D eigenvalue weighted by Crippen LogP contribution is -1.98. The van der Waals surface area contributed by atoms with Crippen LogP contribution in [0.1, 0.15) is 18.1 Å². The first kappa shape index (κ1) is 12.8. The fourth-order valence-electron chi connectivity index (χ4n) is 1.90. The zero-order valence-electron chi connectivity index (χ0n) is 10.6. The Morgan fingerprint density at radius 3 is 2.84 bits per heavy atom. The van der Waals surface area contributed by atoms with E-state index in [9.17, 15) is 10.1 Å². The number of rotatable bonds is 3. The predicted octanol–water partition coefficient (Wildman–Crippen LogP) is 3.29. The second-order valence-electron chi connectivity index (χ2n) is 3.95. The van der Waals surface area contributed by atoms with Crippen molar-refractivity contribution in [2.75, 3.05) is 6.61 Å². The normalized spacial score (nSPS) is 10.5. The molecule has 0 N–H and O–H groups in total. The number of carbonyl (C=O) groups excluding carboxylic acids is 1. The van der Waals surface area contributed by atoms with Crippen molar-refractivity contribution >= 4 is 22.8 Å². The van der Waals surface area contributed by atoms with Gasteiger partial charge in [0.2, 0.25) is 0 Å². The van der Waals surface area contributed by atoms with Crippen molar-refractivity contribution < 1.29 is 9.53 Å². The molecule has 0 amide bonds. The summed E-state index contributed by atoms with van der Waals surface area (Å²) in [5.74, 6) is -0.403. The van der Waals surface area contributed by atoms with E-state index in [1.54, 1.807) is 13.0 Å². The number of hydrogen-bond acceptors (Lipinski definition) is 3. The SMILES string of the molecule is CCOC(=O)C=Cc1ccc2ccccc2c1C#N. The minimum Gasteiger partial charge on any atom is -0.463 e. The minimum atomic E-state index is -0.403. The van der Waals surface area contributed by atoms with E-state index < -0.39 is 5.97 Å². The Morgan fingerprint density at radius 1 is 1.32 bits per heavy atom. The molecule has 0 aliphatic carbocycles. The van der Waals surface area contributed by atoms with E-state index in [-0.39, 0.29) is 0 Å². The van der Waals surface area contributed by atoms with Gasteiger partial charge in [-0.25, -0.2) is 4.79 Å². The Kier molecular flexibility index (Phi) is 3.94. The number of fused-ring (bicyclic) bond motifs is 1. The van der Waals surface area contributed by atoms with E-state index in [1.165, 1.54) is 6.08 Å². The second kappa shape index (κ2) is 5.83. The third-order valence-electron chi connectivity index (χ3n) is 2.76. The number of esters is 1. The van der Waals surface area contributed by atoms with E-state index in [4.69, 9.17) is 4.74 Å². The first-order valence-corrected chi connectivity index (χ1v) is 6.03. The van der Waals surface area contributed by atoms with Gasteiger partial charge in [0.05, 0.1) is 12.2 Å². The van der Waals surface area contributed by atoms with Crippen LogP contribution >= 0.6 is 0 Å². The van der Waals surface area contributed by atoms with Gasteiger partial charge in [-0.15, -0.1) is 0 Å². The molecule has 0 aromatic heterocycles. The monoisotopic (exact) mass is 251 g/mol. The Balaban J connectivity index is 2.45. The molecule has 0 saturated heterocycles. The lowest BCUT2D eigenvalue weighted by molar-refractivity contribution is -0.137. The van der Waals surface area contributed by atoms with Crippen molar-refractivity contribution in [3.8, 4) is 6.07 Å². The van der Waals surface area contributed by atoms with Crippen molar-refractivity contribution in [1.29, 1.82) is 5.26 Å². The van der Waals surface area contributed by atoms with Gasteiger partial charge in [0.25, 0.3) is 0 Å². The van der Waals surface area contributed by atoms with Gasteiger partial charge in [0.1, 0.15) is 6.07 Å². The van der Waals surface area contributed by atoms with Crippen LogP contribution < -0.4 is 0 Å². The molecule has 0 unspecified atom stereocenters. The predicted molar refractivity (Wildman–Crippen MR) is 74.3 cm³/mol. The molecule has 2 rings (SSSR count). The molecular formula is C16H13NO2. The highest BCUT2D eigenvalue weighted by Crippen LogP contribution is 2.22. The summed E-state index contributed by atoms with van der Waals surface area (Å²) in [7, 11) is 0. The fourth-order valence-corrected chi connectivity index (χ4v) is 1.90. The molecule has 0 aliphatic heterocycles.